The van der Waals surface area contributed by atoms with Gasteiger partial charge in [0.15, 0.2) is 0 Å². The lowest BCUT2D eigenvalue weighted by Crippen LogP contribution is -2.30. The van der Waals surface area contributed by atoms with E-state index in [9.17, 15) is 9.18 Å². The van der Waals surface area contributed by atoms with E-state index in [0.717, 1.165) is 12.8 Å². The predicted octanol–water partition coefficient (Wildman–Crippen LogP) is 3.67. The summed E-state index contributed by atoms with van der Waals surface area (Å²) in [4.78, 5) is 11.9. The molecule has 1 aromatic rings. The van der Waals surface area contributed by atoms with E-state index in [1.165, 1.54) is 25.3 Å². The second-order valence-electron chi connectivity index (χ2n) is 4.98. The van der Waals surface area contributed by atoms with E-state index in [-0.39, 0.29) is 5.56 Å². The van der Waals surface area contributed by atoms with Gasteiger partial charge in [-0.05, 0) is 40.9 Å². The molecule has 0 saturated heterocycles. The van der Waals surface area contributed by atoms with Crippen LogP contribution in [0.3, 0.4) is 0 Å². The number of carbonyl (C=O) groups is 1. The summed E-state index contributed by atoms with van der Waals surface area (Å²) in [5, 5.41) is 2.69. The Morgan fingerprint density at radius 3 is 2.80 bits per heavy atom. The summed E-state index contributed by atoms with van der Waals surface area (Å²) in [6.07, 6.45) is 6.26. The van der Waals surface area contributed by atoms with Gasteiger partial charge in [0.25, 0.3) is 5.91 Å². The van der Waals surface area contributed by atoms with Gasteiger partial charge in [0.2, 0.25) is 0 Å². The minimum absolute atomic E-state index is 0.0465. The van der Waals surface area contributed by atoms with E-state index < -0.39 is 11.7 Å². The summed E-state index contributed by atoms with van der Waals surface area (Å²) in [6.45, 7) is 0.874. The Morgan fingerprint density at radius 1 is 1.35 bits per heavy atom. The van der Waals surface area contributed by atoms with Gasteiger partial charge in [0, 0.05) is 11.0 Å². The highest BCUT2D eigenvalue weighted by Crippen LogP contribution is 2.20. The first-order chi connectivity index (χ1) is 9.68. The van der Waals surface area contributed by atoms with Crippen molar-refractivity contribution in [3.05, 3.63) is 34.1 Å². The van der Waals surface area contributed by atoms with Crippen LogP contribution >= 0.6 is 15.9 Å². The quantitative estimate of drug-likeness (QED) is 0.828. The minimum Gasteiger partial charge on any atom is -0.376 e. The third-order valence-corrected chi connectivity index (χ3v) is 4.14. The number of benzene rings is 1. The molecule has 0 atom stereocenters. The Bertz CT molecular complexity index is 441. The molecular formula is C15H19BrFNO2. The van der Waals surface area contributed by atoms with Crippen molar-refractivity contribution in [3.63, 3.8) is 0 Å². The molecule has 0 unspecified atom stereocenters. The molecule has 20 heavy (non-hydrogen) atoms. The van der Waals surface area contributed by atoms with Crippen LogP contribution in [0.25, 0.3) is 0 Å². The van der Waals surface area contributed by atoms with Crippen molar-refractivity contribution in [1.29, 1.82) is 0 Å². The average molecular weight is 344 g/mol. The Hall–Kier alpha value is -0.940. The first-order valence-electron chi connectivity index (χ1n) is 7.02. The highest BCUT2D eigenvalue weighted by atomic mass is 79.9. The van der Waals surface area contributed by atoms with Gasteiger partial charge in [-0.2, -0.15) is 0 Å². The normalized spacial score (nSPS) is 16.1. The number of nitrogens with one attached hydrogen (secondary N) is 1. The van der Waals surface area contributed by atoms with Crippen LogP contribution in [0.15, 0.2) is 22.7 Å². The lowest BCUT2D eigenvalue weighted by molar-refractivity contribution is 0.0299. The van der Waals surface area contributed by atoms with Crippen LogP contribution in [0.5, 0.6) is 0 Å². The maximum absolute atomic E-state index is 13.6. The second-order valence-corrected chi connectivity index (χ2v) is 5.84. The van der Waals surface area contributed by atoms with Crippen LogP contribution in [0.4, 0.5) is 4.39 Å². The Kier molecular flexibility index (Phi) is 5.98. The topological polar surface area (TPSA) is 38.3 Å². The van der Waals surface area contributed by atoms with Gasteiger partial charge in [0.05, 0.1) is 18.3 Å². The predicted molar refractivity (Wildman–Crippen MR) is 79.3 cm³/mol. The fraction of sp³-hybridized carbons (Fsp3) is 0.533. The zero-order valence-electron chi connectivity index (χ0n) is 11.3. The number of rotatable bonds is 5. The monoisotopic (exact) mass is 343 g/mol. The number of halogens is 2. The number of hydrogen-bond donors (Lipinski definition) is 1. The zero-order valence-corrected chi connectivity index (χ0v) is 12.9. The summed E-state index contributed by atoms with van der Waals surface area (Å²) in [6, 6.07) is 4.48. The van der Waals surface area contributed by atoms with Crippen molar-refractivity contribution in [2.24, 2.45) is 0 Å². The van der Waals surface area contributed by atoms with Gasteiger partial charge in [-0.15, -0.1) is 0 Å². The molecule has 0 spiro atoms. The molecule has 5 heteroatoms. The van der Waals surface area contributed by atoms with Crippen molar-refractivity contribution < 1.29 is 13.9 Å². The molecule has 2 rings (SSSR count). The summed E-state index contributed by atoms with van der Waals surface area (Å²) in [5.74, 6) is -0.938. The van der Waals surface area contributed by atoms with E-state index in [4.69, 9.17) is 4.74 Å². The van der Waals surface area contributed by atoms with Crippen LogP contribution < -0.4 is 5.32 Å². The molecule has 0 aliphatic heterocycles. The van der Waals surface area contributed by atoms with Crippen LogP contribution in [0.2, 0.25) is 0 Å². The highest BCUT2D eigenvalue weighted by Gasteiger charge is 2.16. The molecular weight excluding hydrogens is 325 g/mol. The molecule has 1 aliphatic carbocycles. The van der Waals surface area contributed by atoms with Crippen molar-refractivity contribution in [3.8, 4) is 0 Å². The summed E-state index contributed by atoms with van der Waals surface area (Å²) >= 11 is 3.19. The van der Waals surface area contributed by atoms with E-state index in [1.54, 1.807) is 12.1 Å². The van der Waals surface area contributed by atoms with E-state index in [1.807, 2.05) is 0 Å². The summed E-state index contributed by atoms with van der Waals surface area (Å²) in [7, 11) is 0. The standard InChI is InChI=1S/C15H19BrFNO2/c16-12-7-4-8-13(17)14(12)15(19)18-9-10-20-11-5-2-1-3-6-11/h4,7-8,11H,1-3,5-6,9-10H2,(H,18,19). The smallest absolute Gasteiger partial charge is 0.255 e. The largest absolute Gasteiger partial charge is 0.376 e. The van der Waals surface area contributed by atoms with Crippen molar-refractivity contribution in [2.75, 3.05) is 13.2 Å². The molecule has 3 nitrogen and oxygen atoms in total. The average Bonchev–Trinajstić information content (AvgIpc) is 2.44. The molecule has 110 valence electrons. The van der Waals surface area contributed by atoms with Crippen molar-refractivity contribution in [2.45, 2.75) is 38.2 Å². The first-order valence-corrected chi connectivity index (χ1v) is 7.81. The van der Waals surface area contributed by atoms with Crippen molar-refractivity contribution in [1.82, 2.24) is 5.32 Å². The maximum Gasteiger partial charge on any atom is 0.255 e. The van der Waals surface area contributed by atoms with Gasteiger partial charge >= 0.3 is 0 Å². The van der Waals surface area contributed by atoms with Crippen LogP contribution in [-0.4, -0.2) is 25.2 Å². The maximum atomic E-state index is 13.6. The number of carbonyl (C=O) groups excluding carboxylic acids is 1. The van der Waals surface area contributed by atoms with Crippen LogP contribution in [0.1, 0.15) is 42.5 Å². The van der Waals surface area contributed by atoms with Gasteiger partial charge in [-0.25, -0.2) is 4.39 Å². The number of hydrogen-bond acceptors (Lipinski definition) is 2. The molecule has 0 aromatic heterocycles. The Balaban J connectivity index is 1.75. The molecule has 1 amide bonds. The number of amides is 1. The molecule has 0 radical (unpaired) electrons. The minimum atomic E-state index is -0.523. The molecule has 0 heterocycles. The van der Waals surface area contributed by atoms with Crippen LogP contribution in [0, 0.1) is 5.82 Å². The van der Waals surface area contributed by atoms with E-state index in [0.29, 0.717) is 23.7 Å². The van der Waals surface area contributed by atoms with Crippen molar-refractivity contribution >= 4 is 21.8 Å². The van der Waals surface area contributed by atoms with E-state index in [2.05, 4.69) is 21.2 Å². The summed E-state index contributed by atoms with van der Waals surface area (Å²) < 4.78 is 19.7. The zero-order chi connectivity index (χ0) is 14.4. The summed E-state index contributed by atoms with van der Waals surface area (Å²) in [5.41, 5.74) is 0.0465. The molecule has 1 aromatic carbocycles. The second kappa shape index (κ2) is 7.74. The fourth-order valence-electron chi connectivity index (χ4n) is 2.43. The Morgan fingerprint density at radius 2 is 2.10 bits per heavy atom. The van der Waals surface area contributed by atoms with Gasteiger partial charge in [0.1, 0.15) is 5.82 Å². The van der Waals surface area contributed by atoms with Gasteiger partial charge < -0.3 is 10.1 Å². The fourth-order valence-corrected chi connectivity index (χ4v) is 2.95. The van der Waals surface area contributed by atoms with Gasteiger partial charge in [-0.3, -0.25) is 4.79 Å². The highest BCUT2D eigenvalue weighted by molar-refractivity contribution is 9.10. The number of ether oxygens (including phenoxy) is 1. The molecule has 0 bridgehead atoms. The molecule has 1 N–H and O–H groups in total. The molecule has 1 aliphatic rings. The third-order valence-electron chi connectivity index (χ3n) is 3.48. The Labute approximate surface area is 127 Å². The van der Waals surface area contributed by atoms with E-state index >= 15 is 0 Å². The third kappa shape index (κ3) is 4.28. The molecule has 1 saturated carbocycles. The molecule has 1 fully saturated rings. The lowest BCUT2D eigenvalue weighted by atomic mass is 9.98. The lowest BCUT2D eigenvalue weighted by Gasteiger charge is -2.22. The van der Waals surface area contributed by atoms with Crippen LogP contribution in [-0.2, 0) is 4.74 Å². The van der Waals surface area contributed by atoms with Gasteiger partial charge in [-0.1, -0.05) is 25.3 Å². The first kappa shape index (κ1) is 15.4. The SMILES string of the molecule is O=C(NCCOC1CCCCC1)c1c(F)cccc1Br.